The van der Waals surface area contributed by atoms with E-state index in [2.05, 4.69) is 24.1 Å². The number of nitro groups is 1. The van der Waals surface area contributed by atoms with Gasteiger partial charge in [-0.05, 0) is 17.3 Å². The maximum atomic E-state index is 11.1. The molecule has 0 saturated heterocycles. The Morgan fingerprint density at radius 2 is 2.14 bits per heavy atom. The van der Waals surface area contributed by atoms with Crippen LogP contribution in [0.5, 0.6) is 0 Å². The summed E-state index contributed by atoms with van der Waals surface area (Å²) in [4.78, 5) is 15.7. The molecule has 2 heterocycles. The minimum absolute atomic E-state index is 0.0334. The maximum Gasteiger partial charge on any atom is 0.372 e. The molecule has 21 heavy (non-hydrogen) atoms. The highest BCUT2D eigenvalue weighted by Crippen LogP contribution is 2.27. The third-order valence-electron chi connectivity index (χ3n) is 3.41. The number of nitrogens with zero attached hydrogens (tertiary/aromatic N) is 3. The minimum atomic E-state index is -0.377. The van der Waals surface area contributed by atoms with E-state index in [1.807, 2.05) is 0 Å². The summed E-state index contributed by atoms with van der Waals surface area (Å²) in [6.45, 7) is 5.21. The van der Waals surface area contributed by atoms with Crippen molar-refractivity contribution in [1.82, 2.24) is 9.38 Å². The Morgan fingerprint density at radius 1 is 1.38 bits per heavy atom. The molecule has 0 saturated carbocycles. The van der Waals surface area contributed by atoms with E-state index in [0.29, 0.717) is 10.8 Å². The molecule has 0 amide bonds. The lowest BCUT2D eigenvalue weighted by molar-refractivity contribution is -0.389. The Kier molecular flexibility index (Phi) is 5.55. The van der Waals surface area contributed by atoms with Crippen LogP contribution in [-0.2, 0) is 0 Å². The zero-order valence-electron chi connectivity index (χ0n) is 12.5. The second-order valence-electron chi connectivity index (χ2n) is 5.62. The van der Waals surface area contributed by atoms with E-state index >= 15 is 0 Å². The van der Waals surface area contributed by atoms with Crippen LogP contribution < -0.4 is 5.32 Å². The monoisotopic (exact) mass is 310 g/mol. The molecule has 2 aromatic rings. The van der Waals surface area contributed by atoms with Crippen molar-refractivity contribution in [2.24, 2.45) is 5.92 Å². The Balaban J connectivity index is 1.79. The van der Waals surface area contributed by atoms with Gasteiger partial charge in [-0.2, -0.15) is 9.38 Å². The van der Waals surface area contributed by atoms with Crippen molar-refractivity contribution in [2.75, 3.05) is 11.9 Å². The second kappa shape index (κ2) is 7.40. The van der Waals surface area contributed by atoms with Crippen LogP contribution in [0.4, 0.5) is 11.6 Å². The average Bonchev–Trinajstić information content (AvgIpc) is 2.96. The highest BCUT2D eigenvalue weighted by molar-refractivity contribution is 7.15. The van der Waals surface area contributed by atoms with Crippen LogP contribution in [0, 0.1) is 16.0 Å². The fourth-order valence-corrected chi connectivity index (χ4v) is 3.01. The normalized spacial score (nSPS) is 11.4. The SMILES string of the molecule is CC(C)CCCCCCNc1nc2sccn2c1[N+](=O)[O-]. The number of unbranched alkanes of at least 4 members (excludes halogenated alkanes) is 3. The topological polar surface area (TPSA) is 72.5 Å². The molecule has 0 aliphatic carbocycles. The van der Waals surface area contributed by atoms with Crippen molar-refractivity contribution in [3.63, 3.8) is 0 Å². The van der Waals surface area contributed by atoms with Crippen molar-refractivity contribution in [1.29, 1.82) is 0 Å². The van der Waals surface area contributed by atoms with Crippen LogP contribution >= 0.6 is 11.3 Å². The summed E-state index contributed by atoms with van der Waals surface area (Å²) >= 11 is 1.40. The smallest absolute Gasteiger partial charge is 0.363 e. The third kappa shape index (κ3) is 4.17. The Hall–Kier alpha value is -1.63. The first-order valence-corrected chi connectivity index (χ1v) is 8.31. The largest absolute Gasteiger partial charge is 0.372 e. The highest BCUT2D eigenvalue weighted by atomic mass is 32.1. The molecule has 0 spiro atoms. The Labute approximate surface area is 128 Å². The summed E-state index contributed by atoms with van der Waals surface area (Å²) in [6.07, 6.45) is 7.60. The molecule has 2 rings (SSSR count). The molecule has 2 aromatic heterocycles. The number of hydrogen-bond acceptors (Lipinski definition) is 5. The van der Waals surface area contributed by atoms with Gasteiger partial charge in [-0.25, -0.2) is 0 Å². The Morgan fingerprint density at radius 3 is 2.86 bits per heavy atom. The molecule has 0 fully saturated rings. The fraction of sp³-hybridized carbons (Fsp3) is 0.643. The first-order chi connectivity index (χ1) is 10.1. The molecule has 0 unspecified atom stereocenters. The van der Waals surface area contributed by atoms with Gasteiger partial charge in [0.15, 0.2) is 0 Å². The summed E-state index contributed by atoms with van der Waals surface area (Å²) in [5.74, 6) is 1.18. The molecule has 0 aliphatic rings. The van der Waals surface area contributed by atoms with Crippen LogP contribution in [-0.4, -0.2) is 20.9 Å². The van der Waals surface area contributed by atoms with Gasteiger partial charge in [-0.1, -0.05) is 50.9 Å². The lowest BCUT2D eigenvalue weighted by atomic mass is 10.0. The highest BCUT2D eigenvalue weighted by Gasteiger charge is 2.22. The number of fused-ring (bicyclic) bond motifs is 1. The second-order valence-corrected chi connectivity index (χ2v) is 6.49. The number of thiazole rings is 1. The average molecular weight is 310 g/mol. The van der Waals surface area contributed by atoms with Crippen LogP contribution in [0.15, 0.2) is 11.6 Å². The lowest BCUT2D eigenvalue weighted by Crippen LogP contribution is -2.04. The van der Waals surface area contributed by atoms with Crippen molar-refractivity contribution in [2.45, 2.75) is 46.0 Å². The Bertz CT molecular complexity index is 591. The summed E-state index contributed by atoms with van der Waals surface area (Å²) in [7, 11) is 0. The van der Waals surface area contributed by atoms with Gasteiger partial charge in [-0.15, -0.1) is 0 Å². The molecule has 0 aliphatic heterocycles. The fourth-order valence-electron chi connectivity index (χ4n) is 2.30. The van der Waals surface area contributed by atoms with Crippen LogP contribution in [0.3, 0.4) is 0 Å². The van der Waals surface area contributed by atoms with Crippen molar-refractivity contribution >= 4 is 27.9 Å². The van der Waals surface area contributed by atoms with Gasteiger partial charge >= 0.3 is 5.82 Å². The number of rotatable bonds is 9. The summed E-state index contributed by atoms with van der Waals surface area (Å²) < 4.78 is 1.52. The van der Waals surface area contributed by atoms with Crippen molar-refractivity contribution in [3.05, 3.63) is 21.7 Å². The van der Waals surface area contributed by atoms with Gasteiger partial charge in [0.05, 0.1) is 0 Å². The molecule has 0 atom stereocenters. The van der Waals surface area contributed by atoms with Crippen LogP contribution in [0.25, 0.3) is 4.96 Å². The number of anilines is 1. The predicted molar refractivity (Wildman–Crippen MR) is 86.1 cm³/mol. The molecule has 1 N–H and O–H groups in total. The molecular weight excluding hydrogens is 288 g/mol. The number of hydrogen-bond donors (Lipinski definition) is 1. The standard InChI is InChI=1S/C14H22N4O2S/c1-11(2)7-5-3-4-6-8-15-12-13(18(19)20)17-9-10-21-14(17)16-12/h9-11,15H,3-8H2,1-2H3. The molecule has 0 radical (unpaired) electrons. The van der Waals surface area contributed by atoms with E-state index in [1.54, 1.807) is 11.6 Å². The van der Waals surface area contributed by atoms with E-state index in [4.69, 9.17) is 0 Å². The quantitative estimate of drug-likeness (QED) is 0.425. The van der Waals surface area contributed by atoms with Crippen molar-refractivity contribution < 1.29 is 4.92 Å². The van der Waals surface area contributed by atoms with Gasteiger partial charge in [0.2, 0.25) is 5.82 Å². The summed E-state index contributed by atoms with van der Waals surface area (Å²) in [6, 6.07) is 0. The van der Waals surface area contributed by atoms with Gasteiger partial charge in [0.1, 0.15) is 6.20 Å². The van der Waals surface area contributed by atoms with E-state index < -0.39 is 0 Å². The minimum Gasteiger partial charge on any atom is -0.363 e. The molecule has 0 bridgehead atoms. The molecule has 0 aromatic carbocycles. The maximum absolute atomic E-state index is 11.1. The third-order valence-corrected chi connectivity index (χ3v) is 4.17. The van der Waals surface area contributed by atoms with E-state index in [0.717, 1.165) is 25.3 Å². The van der Waals surface area contributed by atoms with Crippen LogP contribution in [0.2, 0.25) is 0 Å². The first-order valence-electron chi connectivity index (χ1n) is 7.43. The molecule has 7 heteroatoms. The zero-order valence-corrected chi connectivity index (χ0v) is 13.4. The summed E-state index contributed by atoms with van der Waals surface area (Å²) in [5.41, 5.74) is 0. The lowest BCUT2D eigenvalue weighted by Gasteiger charge is -2.05. The van der Waals surface area contributed by atoms with E-state index in [9.17, 15) is 10.1 Å². The van der Waals surface area contributed by atoms with Gasteiger partial charge in [-0.3, -0.25) is 0 Å². The van der Waals surface area contributed by atoms with Gasteiger partial charge in [0.25, 0.3) is 4.96 Å². The van der Waals surface area contributed by atoms with Gasteiger partial charge in [0, 0.05) is 11.9 Å². The van der Waals surface area contributed by atoms with Crippen molar-refractivity contribution in [3.8, 4) is 0 Å². The van der Waals surface area contributed by atoms with Gasteiger partial charge < -0.3 is 15.4 Å². The molecule has 116 valence electrons. The predicted octanol–water partition coefficient (Wildman–Crippen LogP) is 4.32. The molecule has 6 nitrogen and oxygen atoms in total. The number of nitrogens with one attached hydrogen (secondary N) is 1. The first kappa shape index (κ1) is 15.8. The van der Waals surface area contributed by atoms with E-state index in [-0.39, 0.29) is 10.7 Å². The van der Waals surface area contributed by atoms with Crippen LogP contribution in [0.1, 0.15) is 46.0 Å². The molecular formula is C14H22N4O2S. The number of imidazole rings is 1. The summed E-state index contributed by atoms with van der Waals surface area (Å²) in [5, 5.41) is 16.0. The zero-order chi connectivity index (χ0) is 15.2. The number of aromatic nitrogens is 2. The van der Waals surface area contributed by atoms with E-state index in [1.165, 1.54) is 35.0 Å².